The van der Waals surface area contributed by atoms with Crippen molar-refractivity contribution >= 4 is 55.4 Å². The van der Waals surface area contributed by atoms with E-state index in [1.165, 1.54) is 0 Å². The van der Waals surface area contributed by atoms with Crippen molar-refractivity contribution in [1.82, 2.24) is 30.0 Å². The fraction of sp³-hybridized carbons (Fsp3) is 0.182. The van der Waals surface area contributed by atoms with E-state index in [-0.39, 0.29) is 12.5 Å². The van der Waals surface area contributed by atoms with Gasteiger partial charge < -0.3 is 21.1 Å². The Kier molecular flexibility index (Phi) is 4.45. The van der Waals surface area contributed by atoms with Gasteiger partial charge in [0.05, 0.1) is 32.5 Å². The van der Waals surface area contributed by atoms with Crippen molar-refractivity contribution in [3.63, 3.8) is 0 Å². The Labute approximate surface area is 195 Å². The van der Waals surface area contributed by atoms with Crippen LogP contribution < -0.4 is 21.1 Å². The third-order valence-corrected chi connectivity index (χ3v) is 7.12. The first kappa shape index (κ1) is 20.4. The second-order valence-corrected chi connectivity index (χ2v) is 10.5. The maximum atomic E-state index is 12.3. The highest BCUT2D eigenvalue weighted by molar-refractivity contribution is 8.01. The molecule has 1 amide bonds. The van der Waals surface area contributed by atoms with Gasteiger partial charge in [0.25, 0.3) is 0 Å². The SMILES string of the molecule is C=S1(=O)Cc2ncc(-c3cc4cc(Nc5cc6n(n5)CC(=O)NCC6)ncc4c(N)n3)cc2N1. The number of hydrogen-bond donors (Lipinski definition) is 4. The molecule has 1 unspecified atom stereocenters. The number of anilines is 4. The van der Waals surface area contributed by atoms with Gasteiger partial charge in [-0.2, -0.15) is 5.10 Å². The van der Waals surface area contributed by atoms with E-state index in [0.717, 1.165) is 27.7 Å². The molecule has 11 nitrogen and oxygen atoms in total. The van der Waals surface area contributed by atoms with Crippen LogP contribution >= 0.6 is 0 Å². The Bertz CT molecular complexity index is 1590. The topological polar surface area (TPSA) is 153 Å². The van der Waals surface area contributed by atoms with Crippen molar-refractivity contribution in [2.75, 3.05) is 22.3 Å². The molecule has 2 aliphatic heterocycles. The normalized spacial score (nSPS) is 19.1. The molecule has 0 bridgehead atoms. The van der Waals surface area contributed by atoms with Crippen molar-refractivity contribution in [2.45, 2.75) is 18.7 Å². The Morgan fingerprint density at radius 2 is 2.03 bits per heavy atom. The van der Waals surface area contributed by atoms with Crippen molar-refractivity contribution in [3.8, 4) is 11.3 Å². The number of nitrogens with two attached hydrogens (primary N) is 1. The van der Waals surface area contributed by atoms with Crippen LogP contribution in [0.4, 0.5) is 23.1 Å². The molecule has 0 aromatic carbocycles. The molecule has 0 aliphatic carbocycles. The molecule has 4 aromatic rings. The summed E-state index contributed by atoms with van der Waals surface area (Å²) in [7, 11) is -2.39. The number of nitrogens with zero attached hydrogens (tertiary/aromatic N) is 5. The quantitative estimate of drug-likeness (QED) is 0.325. The van der Waals surface area contributed by atoms with Gasteiger partial charge in [-0.15, -0.1) is 0 Å². The lowest BCUT2D eigenvalue weighted by Gasteiger charge is -2.09. The summed E-state index contributed by atoms with van der Waals surface area (Å²) < 4.78 is 16.9. The number of rotatable bonds is 3. The molecule has 6 rings (SSSR count). The minimum atomic E-state index is -2.39. The zero-order valence-corrected chi connectivity index (χ0v) is 18.9. The van der Waals surface area contributed by atoms with E-state index in [2.05, 4.69) is 41.3 Å². The zero-order chi connectivity index (χ0) is 23.4. The molecule has 0 fully saturated rings. The molecular formula is C22H21N9O2S. The van der Waals surface area contributed by atoms with Gasteiger partial charge in [-0.25, -0.2) is 14.2 Å². The minimum Gasteiger partial charge on any atom is -0.383 e. The van der Waals surface area contributed by atoms with Crippen LogP contribution in [-0.4, -0.2) is 47.3 Å². The van der Waals surface area contributed by atoms with Crippen LogP contribution in [0.1, 0.15) is 11.4 Å². The van der Waals surface area contributed by atoms with Crippen molar-refractivity contribution < 1.29 is 9.00 Å². The lowest BCUT2D eigenvalue weighted by molar-refractivity contribution is -0.121. The molecule has 0 spiro atoms. The summed E-state index contributed by atoms with van der Waals surface area (Å²) in [5.74, 6) is 5.52. The molecule has 172 valence electrons. The monoisotopic (exact) mass is 475 g/mol. The average Bonchev–Trinajstić information content (AvgIpc) is 3.24. The number of aromatic nitrogens is 5. The summed E-state index contributed by atoms with van der Waals surface area (Å²) in [6, 6.07) is 7.56. The van der Waals surface area contributed by atoms with Crippen LogP contribution in [0, 0.1) is 0 Å². The van der Waals surface area contributed by atoms with E-state index in [1.807, 2.05) is 24.3 Å². The fourth-order valence-corrected chi connectivity index (χ4v) is 5.51. The van der Waals surface area contributed by atoms with Gasteiger partial charge in [-0.05, 0) is 29.5 Å². The first-order valence-corrected chi connectivity index (χ1v) is 12.5. The predicted octanol–water partition coefficient (Wildman–Crippen LogP) is 1.44. The van der Waals surface area contributed by atoms with Gasteiger partial charge in [0.1, 0.15) is 18.2 Å². The van der Waals surface area contributed by atoms with Crippen molar-refractivity contribution in [3.05, 3.63) is 48.0 Å². The van der Waals surface area contributed by atoms with E-state index in [1.54, 1.807) is 17.1 Å². The molecular weight excluding hydrogens is 454 g/mol. The maximum Gasteiger partial charge on any atom is 0.241 e. The van der Waals surface area contributed by atoms with Gasteiger partial charge in [0.15, 0.2) is 5.82 Å². The Hall–Kier alpha value is -4.19. The third kappa shape index (κ3) is 3.67. The van der Waals surface area contributed by atoms with Gasteiger partial charge in [-0.1, -0.05) is 0 Å². The predicted molar refractivity (Wildman–Crippen MR) is 132 cm³/mol. The molecule has 0 saturated carbocycles. The molecule has 5 N–H and O–H groups in total. The highest BCUT2D eigenvalue weighted by Gasteiger charge is 2.21. The lowest BCUT2D eigenvalue weighted by Crippen LogP contribution is -2.25. The smallest absolute Gasteiger partial charge is 0.241 e. The molecule has 1 atom stereocenters. The second kappa shape index (κ2) is 7.42. The van der Waals surface area contributed by atoms with Crippen molar-refractivity contribution in [2.24, 2.45) is 0 Å². The molecule has 2 aliphatic rings. The first-order valence-electron chi connectivity index (χ1n) is 10.6. The second-order valence-electron chi connectivity index (χ2n) is 8.36. The fourth-order valence-electron chi connectivity index (χ4n) is 4.19. The average molecular weight is 476 g/mol. The molecule has 0 radical (unpaired) electrons. The Balaban J connectivity index is 1.33. The van der Waals surface area contributed by atoms with Crippen LogP contribution in [0.5, 0.6) is 0 Å². The van der Waals surface area contributed by atoms with Crippen LogP contribution in [0.25, 0.3) is 22.0 Å². The zero-order valence-electron chi connectivity index (χ0n) is 18.0. The first-order chi connectivity index (χ1) is 16.3. The van der Waals surface area contributed by atoms with E-state index in [4.69, 9.17) is 5.73 Å². The van der Waals surface area contributed by atoms with E-state index >= 15 is 0 Å². The van der Waals surface area contributed by atoms with Gasteiger partial charge >= 0.3 is 0 Å². The van der Waals surface area contributed by atoms with E-state index < -0.39 is 9.71 Å². The molecule has 4 aromatic heterocycles. The largest absolute Gasteiger partial charge is 0.383 e. The number of nitrogens with one attached hydrogen (secondary N) is 3. The number of pyridine rings is 3. The number of hydrogen-bond acceptors (Lipinski definition) is 8. The van der Waals surface area contributed by atoms with E-state index in [0.29, 0.717) is 47.6 Å². The summed E-state index contributed by atoms with van der Waals surface area (Å²) in [5.41, 5.74) is 10.0. The Morgan fingerprint density at radius 1 is 1.15 bits per heavy atom. The molecule has 34 heavy (non-hydrogen) atoms. The number of amides is 1. The van der Waals surface area contributed by atoms with E-state index in [9.17, 15) is 9.00 Å². The highest BCUT2D eigenvalue weighted by atomic mass is 32.2. The standard InChI is InChI=1S/C22H21N9O2S/c1-34(33)11-18-17(30-34)5-13(8-25-18)16-4-12-6-19(26-9-15(12)22(23)27-16)28-20-7-14-2-3-24-21(32)10-31(14)29-20/h4-9H,1-3,10-11H2,(H2,23,27)(H,24,32)(H,30,33)(H,26,28,29). The summed E-state index contributed by atoms with van der Waals surface area (Å²) in [4.78, 5) is 25.2. The summed E-state index contributed by atoms with van der Waals surface area (Å²) >= 11 is 0. The summed E-state index contributed by atoms with van der Waals surface area (Å²) in [6.07, 6.45) is 4.08. The minimum absolute atomic E-state index is 0.0541. The lowest BCUT2D eigenvalue weighted by atomic mass is 10.1. The van der Waals surface area contributed by atoms with Gasteiger partial charge in [-0.3, -0.25) is 14.5 Å². The van der Waals surface area contributed by atoms with Crippen molar-refractivity contribution in [1.29, 1.82) is 0 Å². The van der Waals surface area contributed by atoms with Crippen LogP contribution in [-0.2, 0) is 33.2 Å². The van der Waals surface area contributed by atoms with Crippen LogP contribution in [0.2, 0.25) is 0 Å². The van der Waals surface area contributed by atoms with Crippen LogP contribution in [0.3, 0.4) is 0 Å². The molecule has 6 heterocycles. The number of carbonyl (C=O) groups is 1. The van der Waals surface area contributed by atoms with Gasteiger partial charge in [0, 0.05) is 48.1 Å². The maximum absolute atomic E-state index is 12.3. The number of fused-ring (bicyclic) bond motifs is 3. The van der Waals surface area contributed by atoms with Crippen LogP contribution in [0.15, 0.2) is 36.7 Å². The number of nitrogen functional groups attached to an aromatic ring is 1. The number of carbonyl (C=O) groups excluding carboxylic acids is 1. The molecule has 0 saturated heterocycles. The summed E-state index contributed by atoms with van der Waals surface area (Å²) in [6.45, 7) is 0.784. The summed E-state index contributed by atoms with van der Waals surface area (Å²) in [5, 5.41) is 12.1. The van der Waals surface area contributed by atoms with Gasteiger partial charge in [0.2, 0.25) is 5.91 Å². The molecule has 12 heteroatoms. The third-order valence-electron chi connectivity index (χ3n) is 5.79. The highest BCUT2D eigenvalue weighted by Crippen LogP contribution is 2.32. The Morgan fingerprint density at radius 3 is 2.91 bits per heavy atom.